The number of nitrogens with zero attached hydrogens (tertiary/aromatic N) is 3. The highest BCUT2D eigenvalue weighted by Gasteiger charge is 2.15. The van der Waals surface area contributed by atoms with Crippen molar-refractivity contribution in [1.29, 1.82) is 0 Å². The normalized spacial score (nSPS) is 11.1. The van der Waals surface area contributed by atoms with Crippen LogP contribution in [-0.2, 0) is 4.79 Å². The number of thioether (sulfide) groups is 1. The second kappa shape index (κ2) is 10.7. The van der Waals surface area contributed by atoms with Crippen LogP contribution in [-0.4, -0.2) is 34.5 Å². The Balaban J connectivity index is 1.57. The topological polar surface area (TPSA) is 85.6 Å². The van der Waals surface area contributed by atoms with Crippen LogP contribution in [0, 0.1) is 6.92 Å². The fraction of sp³-hybridized carbons (Fsp3) is 0.120. The molecule has 4 rings (SSSR count). The molecule has 0 aliphatic rings. The summed E-state index contributed by atoms with van der Waals surface area (Å²) < 4.78 is 7.73. The van der Waals surface area contributed by atoms with Crippen LogP contribution in [0.3, 0.4) is 0 Å². The molecule has 9 heteroatoms. The Morgan fingerprint density at radius 1 is 1.18 bits per heavy atom. The number of fused-ring (bicyclic) bond motifs is 1. The van der Waals surface area contributed by atoms with Gasteiger partial charge in [-0.15, -0.1) is 0 Å². The van der Waals surface area contributed by atoms with Crippen LogP contribution in [0.1, 0.15) is 11.1 Å². The number of nitrogens with one attached hydrogen (secondary N) is 1. The quantitative estimate of drug-likeness (QED) is 0.160. The number of methoxy groups -OCH3 is 1. The van der Waals surface area contributed by atoms with Crippen LogP contribution in [0.5, 0.6) is 5.75 Å². The van der Waals surface area contributed by atoms with Crippen LogP contribution < -0.4 is 15.7 Å². The van der Waals surface area contributed by atoms with Gasteiger partial charge in [0, 0.05) is 10.0 Å². The minimum Gasteiger partial charge on any atom is -0.496 e. The van der Waals surface area contributed by atoms with Crippen LogP contribution in [0.2, 0.25) is 0 Å². The van der Waals surface area contributed by atoms with Gasteiger partial charge in [-0.05, 0) is 48.9 Å². The smallest absolute Gasteiger partial charge is 0.266 e. The molecule has 0 spiro atoms. The first-order chi connectivity index (χ1) is 16.5. The predicted octanol–water partition coefficient (Wildman–Crippen LogP) is 4.71. The summed E-state index contributed by atoms with van der Waals surface area (Å²) in [5.41, 5.74) is 5.30. The van der Waals surface area contributed by atoms with Crippen LogP contribution in [0.25, 0.3) is 16.6 Å². The van der Waals surface area contributed by atoms with Gasteiger partial charge < -0.3 is 4.74 Å². The number of hydrogen-bond donors (Lipinski definition) is 1. The van der Waals surface area contributed by atoms with E-state index in [1.54, 1.807) is 29.9 Å². The van der Waals surface area contributed by atoms with Crippen molar-refractivity contribution in [3.8, 4) is 11.4 Å². The molecule has 34 heavy (non-hydrogen) atoms. The van der Waals surface area contributed by atoms with Crippen LogP contribution in [0.4, 0.5) is 0 Å². The highest BCUT2D eigenvalue weighted by molar-refractivity contribution is 9.10. The van der Waals surface area contributed by atoms with Gasteiger partial charge in [0.05, 0.1) is 35.7 Å². The third kappa shape index (κ3) is 5.21. The van der Waals surface area contributed by atoms with E-state index in [4.69, 9.17) is 4.74 Å². The third-order valence-electron chi connectivity index (χ3n) is 5.02. The third-order valence-corrected chi connectivity index (χ3v) is 6.45. The number of carbonyl (C=O) groups is 1. The van der Waals surface area contributed by atoms with Gasteiger partial charge in [-0.25, -0.2) is 10.4 Å². The standard InChI is InChI=1S/C25H21BrN4O3S/c1-16-7-3-6-10-21(16)30-24(32)19-8-4-5-9-20(19)28-25(30)34-15-23(31)29-27-14-17-13-18(26)11-12-22(17)33-2/h3-14H,15H2,1-2H3,(H,29,31)/b27-14-. The predicted molar refractivity (Wildman–Crippen MR) is 139 cm³/mol. The van der Waals surface area contributed by atoms with Gasteiger partial charge in [0.1, 0.15) is 5.75 Å². The number of hydrazone groups is 1. The van der Waals surface area contributed by atoms with E-state index in [-0.39, 0.29) is 17.2 Å². The second-order valence-electron chi connectivity index (χ2n) is 7.31. The summed E-state index contributed by atoms with van der Waals surface area (Å²) in [5.74, 6) is 0.344. The first-order valence-electron chi connectivity index (χ1n) is 10.3. The molecule has 1 heterocycles. The Bertz CT molecular complexity index is 1450. The largest absolute Gasteiger partial charge is 0.496 e. The maximum atomic E-state index is 13.3. The molecule has 0 aliphatic carbocycles. The zero-order valence-corrected chi connectivity index (χ0v) is 20.9. The molecule has 0 fully saturated rings. The average Bonchev–Trinajstić information content (AvgIpc) is 2.84. The maximum absolute atomic E-state index is 13.3. The fourth-order valence-corrected chi connectivity index (χ4v) is 4.55. The Morgan fingerprint density at radius 3 is 2.74 bits per heavy atom. The second-order valence-corrected chi connectivity index (χ2v) is 9.16. The minimum atomic E-state index is -0.325. The number of carbonyl (C=O) groups excluding carboxylic acids is 1. The first-order valence-corrected chi connectivity index (χ1v) is 12.1. The van der Waals surface area contributed by atoms with Gasteiger partial charge >= 0.3 is 0 Å². The average molecular weight is 537 g/mol. The summed E-state index contributed by atoms with van der Waals surface area (Å²) in [4.78, 5) is 30.5. The van der Waals surface area contributed by atoms with Crippen molar-refractivity contribution in [2.24, 2.45) is 5.10 Å². The van der Waals surface area contributed by atoms with Crippen molar-refractivity contribution in [3.05, 3.63) is 92.7 Å². The number of aryl methyl sites for hydroxylation is 1. The molecule has 0 saturated carbocycles. The van der Waals surface area contributed by atoms with Gasteiger partial charge in [0.2, 0.25) is 0 Å². The number of ether oxygens (including phenoxy) is 1. The molecular weight excluding hydrogens is 516 g/mol. The van der Waals surface area contributed by atoms with Crippen molar-refractivity contribution in [2.45, 2.75) is 12.1 Å². The highest BCUT2D eigenvalue weighted by atomic mass is 79.9. The molecule has 0 saturated heterocycles. The Morgan fingerprint density at radius 2 is 1.94 bits per heavy atom. The van der Waals surface area contributed by atoms with Gasteiger partial charge in [0.25, 0.3) is 11.5 Å². The monoisotopic (exact) mass is 536 g/mol. The summed E-state index contributed by atoms with van der Waals surface area (Å²) in [6.07, 6.45) is 1.52. The number of rotatable bonds is 7. The van der Waals surface area contributed by atoms with E-state index in [0.717, 1.165) is 21.3 Å². The van der Waals surface area contributed by atoms with Gasteiger partial charge in [0.15, 0.2) is 5.16 Å². The summed E-state index contributed by atoms with van der Waals surface area (Å²) in [6.45, 7) is 1.93. The van der Waals surface area contributed by atoms with E-state index in [2.05, 4.69) is 31.4 Å². The molecule has 0 unspecified atom stereocenters. The van der Waals surface area contributed by atoms with Gasteiger partial charge in [-0.1, -0.05) is 58.0 Å². The molecule has 0 atom stereocenters. The lowest BCUT2D eigenvalue weighted by molar-refractivity contribution is -0.118. The number of halogens is 1. The first kappa shape index (κ1) is 23.7. The molecular formula is C25H21BrN4O3S. The number of benzene rings is 3. The summed E-state index contributed by atoms with van der Waals surface area (Å²) in [6, 6.07) is 20.3. The van der Waals surface area contributed by atoms with Crippen molar-refractivity contribution >= 4 is 50.7 Å². The maximum Gasteiger partial charge on any atom is 0.266 e. The zero-order chi connectivity index (χ0) is 24.1. The van der Waals surface area contributed by atoms with Gasteiger partial charge in [-0.2, -0.15) is 5.10 Å². The molecule has 7 nitrogen and oxygen atoms in total. The summed E-state index contributed by atoms with van der Waals surface area (Å²) >= 11 is 4.59. The van der Waals surface area contributed by atoms with Crippen LogP contribution >= 0.6 is 27.7 Å². The van der Waals surface area contributed by atoms with E-state index < -0.39 is 0 Å². The Hall–Kier alpha value is -3.43. The molecule has 172 valence electrons. The fourth-order valence-electron chi connectivity index (χ4n) is 3.38. The van der Waals surface area contributed by atoms with Crippen LogP contribution in [0.15, 0.2) is 86.3 Å². The number of hydrogen-bond acceptors (Lipinski definition) is 6. The molecule has 0 bridgehead atoms. The summed E-state index contributed by atoms with van der Waals surface area (Å²) in [7, 11) is 1.57. The number of para-hydroxylation sites is 2. The van der Waals surface area contributed by atoms with E-state index in [1.807, 2.05) is 55.5 Å². The SMILES string of the molecule is COc1ccc(Br)cc1/C=N\NC(=O)CSc1nc2ccccc2c(=O)n1-c1ccccc1C. The zero-order valence-electron chi connectivity index (χ0n) is 18.5. The van der Waals surface area contributed by atoms with Crippen molar-refractivity contribution in [1.82, 2.24) is 15.0 Å². The number of aromatic nitrogens is 2. The lowest BCUT2D eigenvalue weighted by Gasteiger charge is -2.14. The molecule has 1 aromatic heterocycles. The summed E-state index contributed by atoms with van der Waals surface area (Å²) in [5, 5.41) is 4.99. The highest BCUT2D eigenvalue weighted by Crippen LogP contribution is 2.23. The number of amides is 1. The molecule has 3 aromatic carbocycles. The molecule has 0 aliphatic heterocycles. The Labute approximate surface area is 209 Å². The van der Waals surface area contributed by atoms with Crippen molar-refractivity contribution < 1.29 is 9.53 Å². The lowest BCUT2D eigenvalue weighted by atomic mass is 10.2. The van der Waals surface area contributed by atoms with Gasteiger partial charge in [-0.3, -0.25) is 14.2 Å². The molecule has 1 N–H and O–H groups in total. The lowest BCUT2D eigenvalue weighted by Crippen LogP contribution is -2.24. The minimum absolute atomic E-state index is 0.0314. The molecule has 0 radical (unpaired) electrons. The van der Waals surface area contributed by atoms with Crippen molar-refractivity contribution in [2.75, 3.05) is 12.9 Å². The molecule has 4 aromatic rings. The Kier molecular flexibility index (Phi) is 7.44. The van der Waals surface area contributed by atoms with E-state index in [1.165, 1.54) is 18.0 Å². The van der Waals surface area contributed by atoms with E-state index in [9.17, 15) is 9.59 Å². The van der Waals surface area contributed by atoms with E-state index in [0.29, 0.717) is 21.8 Å². The molecule has 1 amide bonds. The van der Waals surface area contributed by atoms with Crippen molar-refractivity contribution in [3.63, 3.8) is 0 Å². The van der Waals surface area contributed by atoms with E-state index >= 15 is 0 Å².